The van der Waals surface area contributed by atoms with Crippen molar-refractivity contribution in [2.45, 2.75) is 353 Å². The second-order valence-corrected chi connectivity index (χ2v) is 21.0. The Morgan fingerprint density at radius 2 is 0.701 bits per heavy atom. The molecule has 0 aromatic heterocycles. The zero-order valence-electron chi connectivity index (χ0n) is 45.4. The van der Waals surface area contributed by atoms with Crippen LogP contribution in [0.2, 0.25) is 0 Å². The molecule has 67 heavy (non-hydrogen) atoms. The van der Waals surface area contributed by atoms with Gasteiger partial charge in [-0.2, -0.15) is 0 Å². The van der Waals surface area contributed by atoms with Crippen molar-refractivity contribution in [1.29, 1.82) is 0 Å². The Hall–Kier alpha value is -1.40. The number of ether oxygens (including phenoxy) is 1. The normalized spacial score (nSPS) is 12.6. The summed E-state index contributed by atoms with van der Waals surface area (Å²) in [6.07, 6.45) is 67.8. The smallest absolute Gasteiger partial charge is 0.305 e. The highest BCUT2D eigenvalue weighted by Gasteiger charge is 2.20. The lowest BCUT2D eigenvalue weighted by Crippen LogP contribution is -2.45. The van der Waals surface area contributed by atoms with E-state index in [0.29, 0.717) is 25.9 Å². The van der Waals surface area contributed by atoms with Crippen LogP contribution in [-0.4, -0.2) is 47.4 Å². The quantitative estimate of drug-likeness (QED) is 0.0321. The van der Waals surface area contributed by atoms with Gasteiger partial charge in [0.1, 0.15) is 0 Å². The Morgan fingerprint density at radius 1 is 0.403 bits per heavy atom. The van der Waals surface area contributed by atoms with E-state index in [9.17, 15) is 19.8 Å². The average molecular weight is 947 g/mol. The van der Waals surface area contributed by atoms with Crippen LogP contribution in [0.5, 0.6) is 0 Å². The molecule has 0 aromatic rings. The van der Waals surface area contributed by atoms with E-state index in [1.165, 1.54) is 250 Å². The second-order valence-electron chi connectivity index (χ2n) is 21.0. The molecule has 0 saturated heterocycles. The third kappa shape index (κ3) is 53.8. The van der Waals surface area contributed by atoms with Crippen molar-refractivity contribution in [3.8, 4) is 0 Å². The van der Waals surface area contributed by atoms with Crippen molar-refractivity contribution in [3.05, 3.63) is 12.2 Å². The number of esters is 1. The first kappa shape index (κ1) is 65.6. The van der Waals surface area contributed by atoms with Gasteiger partial charge in [-0.25, -0.2) is 0 Å². The summed E-state index contributed by atoms with van der Waals surface area (Å²) in [5, 5.41) is 23.3. The van der Waals surface area contributed by atoms with Crippen LogP contribution in [0.4, 0.5) is 0 Å². The number of amides is 1. The summed E-state index contributed by atoms with van der Waals surface area (Å²) in [5.74, 6) is -0.0406. The zero-order chi connectivity index (χ0) is 48.6. The van der Waals surface area contributed by atoms with E-state index in [4.69, 9.17) is 4.74 Å². The minimum absolute atomic E-state index is 0.00531. The minimum atomic E-state index is -0.673. The van der Waals surface area contributed by atoms with Gasteiger partial charge in [-0.3, -0.25) is 9.59 Å². The van der Waals surface area contributed by atoms with Crippen LogP contribution in [0.25, 0.3) is 0 Å². The number of allylic oxidation sites excluding steroid dienone is 2. The van der Waals surface area contributed by atoms with Gasteiger partial charge in [0.05, 0.1) is 25.4 Å². The maximum absolute atomic E-state index is 12.5. The summed E-state index contributed by atoms with van der Waals surface area (Å²) in [6.45, 7) is 4.96. The fourth-order valence-corrected chi connectivity index (χ4v) is 9.64. The molecule has 0 bridgehead atoms. The number of rotatable bonds is 57. The van der Waals surface area contributed by atoms with Gasteiger partial charge in [-0.05, 0) is 51.4 Å². The Morgan fingerprint density at radius 3 is 1.06 bits per heavy atom. The van der Waals surface area contributed by atoms with Crippen molar-refractivity contribution in [2.75, 3.05) is 13.2 Å². The highest BCUT2D eigenvalue weighted by molar-refractivity contribution is 5.76. The highest BCUT2D eigenvalue weighted by Crippen LogP contribution is 2.18. The van der Waals surface area contributed by atoms with Gasteiger partial charge in [-0.15, -0.1) is 0 Å². The van der Waals surface area contributed by atoms with Crippen molar-refractivity contribution < 1.29 is 24.5 Å². The molecule has 0 rings (SSSR count). The number of carbonyl (C=O) groups is 2. The number of aliphatic hydroxyl groups excluding tert-OH is 2. The monoisotopic (exact) mass is 946 g/mol. The van der Waals surface area contributed by atoms with Crippen LogP contribution in [0.15, 0.2) is 12.2 Å². The Bertz CT molecular complexity index is 1000. The molecule has 0 aliphatic carbocycles. The molecule has 3 N–H and O–H groups in total. The van der Waals surface area contributed by atoms with E-state index in [1.54, 1.807) is 0 Å². The number of aliphatic hydroxyl groups is 2. The molecule has 0 fully saturated rings. The van der Waals surface area contributed by atoms with Gasteiger partial charge in [0.2, 0.25) is 5.91 Å². The molecule has 2 atom stereocenters. The molecule has 2 unspecified atom stereocenters. The predicted octanol–water partition coefficient (Wildman–Crippen LogP) is 18.9. The first-order valence-electron chi connectivity index (χ1n) is 30.4. The molecule has 0 saturated carbocycles. The average Bonchev–Trinajstić information content (AvgIpc) is 3.33. The van der Waals surface area contributed by atoms with Crippen molar-refractivity contribution in [3.63, 3.8) is 0 Å². The van der Waals surface area contributed by atoms with Gasteiger partial charge in [0.25, 0.3) is 0 Å². The fourth-order valence-electron chi connectivity index (χ4n) is 9.64. The molecule has 6 nitrogen and oxygen atoms in total. The molecule has 1 amide bonds. The second kappa shape index (κ2) is 57.2. The molecular formula is C61H119NO5. The zero-order valence-corrected chi connectivity index (χ0v) is 45.4. The number of nitrogens with one attached hydrogen (secondary N) is 1. The third-order valence-corrected chi connectivity index (χ3v) is 14.3. The van der Waals surface area contributed by atoms with E-state index in [1.807, 2.05) is 0 Å². The summed E-state index contributed by atoms with van der Waals surface area (Å²) in [6, 6.07) is -0.551. The van der Waals surface area contributed by atoms with Gasteiger partial charge in [0, 0.05) is 12.8 Å². The van der Waals surface area contributed by atoms with E-state index in [2.05, 4.69) is 31.3 Å². The highest BCUT2D eigenvalue weighted by atomic mass is 16.5. The topological polar surface area (TPSA) is 95.9 Å². The minimum Gasteiger partial charge on any atom is -0.466 e. The Kier molecular flexibility index (Phi) is 56.0. The van der Waals surface area contributed by atoms with Crippen LogP contribution in [-0.2, 0) is 14.3 Å². The molecule has 0 radical (unpaired) electrons. The molecule has 6 heteroatoms. The molecule has 0 spiro atoms. The summed E-state index contributed by atoms with van der Waals surface area (Å²) >= 11 is 0. The molecule has 398 valence electrons. The number of carbonyl (C=O) groups excluding carboxylic acids is 2. The molecule has 0 aromatic carbocycles. The van der Waals surface area contributed by atoms with Crippen LogP contribution < -0.4 is 5.32 Å². The van der Waals surface area contributed by atoms with E-state index >= 15 is 0 Å². The SMILES string of the molecule is CCCCCCCCCCCCCCCCCCCCCC(O)C(CO)NC(=O)CCCCCCC/C=C\CCCCCCCCCCCOC(=O)CCCCCCCCCCCCCCC. The number of hydrogen-bond donors (Lipinski definition) is 3. The summed E-state index contributed by atoms with van der Waals surface area (Å²) in [4.78, 5) is 24.5. The number of unbranched alkanes of at least 4 members (excludes halogenated alkanes) is 44. The van der Waals surface area contributed by atoms with E-state index < -0.39 is 12.1 Å². The standard InChI is InChI=1S/C61H119NO5/c1-3-5-7-9-11-13-15-17-18-19-20-23-26-30-33-37-41-45-49-53-59(64)58(57-63)62-60(65)54-50-46-42-38-34-31-27-24-21-22-25-28-32-36-40-44-48-52-56-67-61(66)55-51-47-43-39-35-29-16-14-12-10-8-6-4-2/h24,27,58-59,63-64H,3-23,25-26,28-57H2,1-2H3,(H,62,65)/b27-24-. The lowest BCUT2D eigenvalue weighted by molar-refractivity contribution is -0.143. The van der Waals surface area contributed by atoms with Gasteiger partial charge in [-0.1, -0.05) is 289 Å². The lowest BCUT2D eigenvalue weighted by Gasteiger charge is -2.22. The maximum Gasteiger partial charge on any atom is 0.305 e. The van der Waals surface area contributed by atoms with E-state index in [0.717, 1.165) is 57.8 Å². The largest absolute Gasteiger partial charge is 0.466 e. The third-order valence-electron chi connectivity index (χ3n) is 14.3. The van der Waals surface area contributed by atoms with Crippen LogP contribution in [0.3, 0.4) is 0 Å². The van der Waals surface area contributed by atoms with E-state index in [-0.39, 0.29) is 18.5 Å². The van der Waals surface area contributed by atoms with Crippen LogP contribution in [0.1, 0.15) is 341 Å². The van der Waals surface area contributed by atoms with Gasteiger partial charge < -0.3 is 20.3 Å². The van der Waals surface area contributed by atoms with Crippen LogP contribution >= 0.6 is 0 Å². The van der Waals surface area contributed by atoms with Crippen molar-refractivity contribution >= 4 is 11.9 Å². The van der Waals surface area contributed by atoms with Gasteiger partial charge in [0.15, 0.2) is 0 Å². The van der Waals surface area contributed by atoms with Crippen molar-refractivity contribution in [1.82, 2.24) is 5.32 Å². The molecule has 0 heterocycles. The predicted molar refractivity (Wildman–Crippen MR) is 292 cm³/mol. The number of hydrogen-bond acceptors (Lipinski definition) is 5. The summed E-state index contributed by atoms with van der Waals surface area (Å²) in [7, 11) is 0. The molecule has 0 aliphatic rings. The first-order valence-corrected chi connectivity index (χ1v) is 30.4. The molecule has 0 aliphatic heterocycles. The van der Waals surface area contributed by atoms with Crippen LogP contribution in [0, 0.1) is 0 Å². The summed E-state index contributed by atoms with van der Waals surface area (Å²) < 4.78 is 5.47. The Balaban J connectivity index is 3.44. The molecular weight excluding hydrogens is 827 g/mol. The lowest BCUT2D eigenvalue weighted by atomic mass is 10.0. The first-order chi connectivity index (χ1) is 33.0. The summed E-state index contributed by atoms with van der Waals surface area (Å²) in [5.41, 5.74) is 0. The maximum atomic E-state index is 12.5. The van der Waals surface area contributed by atoms with Gasteiger partial charge >= 0.3 is 5.97 Å². The van der Waals surface area contributed by atoms with Crippen molar-refractivity contribution in [2.24, 2.45) is 0 Å². The fraction of sp³-hybridized carbons (Fsp3) is 0.934. The Labute approximate surface area is 419 Å².